The summed E-state index contributed by atoms with van der Waals surface area (Å²) in [5.41, 5.74) is 1.17. The van der Waals surface area contributed by atoms with Crippen LogP contribution >= 0.6 is 0 Å². The van der Waals surface area contributed by atoms with Gasteiger partial charge in [0.05, 0.1) is 13.7 Å². The predicted octanol–water partition coefficient (Wildman–Crippen LogP) is 2.21. The van der Waals surface area contributed by atoms with Crippen LogP contribution in [0.15, 0.2) is 24.3 Å². The van der Waals surface area contributed by atoms with E-state index in [9.17, 15) is 0 Å². The monoisotopic (exact) mass is 235 g/mol. The second-order valence-electron chi connectivity index (χ2n) is 4.55. The average Bonchev–Trinajstić information content (AvgIpc) is 2.88. The number of hydrogen-bond donors (Lipinski definition) is 1. The van der Waals surface area contributed by atoms with Crippen molar-refractivity contribution < 1.29 is 9.47 Å². The SMILES string of the molecule is COc1cccc(COCCC2CCNC2)c1. The maximum Gasteiger partial charge on any atom is 0.119 e. The Bertz CT molecular complexity index is 335. The highest BCUT2D eigenvalue weighted by atomic mass is 16.5. The molecule has 1 heterocycles. The molecule has 17 heavy (non-hydrogen) atoms. The molecule has 1 unspecified atom stereocenters. The molecule has 1 aliphatic heterocycles. The normalized spacial score (nSPS) is 19.5. The first-order valence-electron chi connectivity index (χ1n) is 6.30. The molecule has 0 spiro atoms. The molecule has 3 nitrogen and oxygen atoms in total. The Morgan fingerprint density at radius 1 is 1.41 bits per heavy atom. The summed E-state index contributed by atoms with van der Waals surface area (Å²) in [5.74, 6) is 1.70. The maximum atomic E-state index is 5.70. The molecule has 0 radical (unpaired) electrons. The van der Waals surface area contributed by atoms with Crippen molar-refractivity contribution in [2.24, 2.45) is 5.92 Å². The standard InChI is InChI=1S/C14H21NO2/c1-16-14-4-2-3-13(9-14)11-17-8-6-12-5-7-15-10-12/h2-4,9,12,15H,5-8,10-11H2,1H3. The van der Waals surface area contributed by atoms with Crippen molar-refractivity contribution in [1.82, 2.24) is 5.32 Å². The fourth-order valence-electron chi connectivity index (χ4n) is 2.16. The van der Waals surface area contributed by atoms with Crippen LogP contribution in [0.3, 0.4) is 0 Å². The summed E-state index contributed by atoms with van der Waals surface area (Å²) in [4.78, 5) is 0. The molecule has 0 aromatic heterocycles. The lowest BCUT2D eigenvalue weighted by Gasteiger charge is -2.09. The van der Waals surface area contributed by atoms with E-state index in [1.807, 2.05) is 18.2 Å². The van der Waals surface area contributed by atoms with Crippen molar-refractivity contribution in [2.45, 2.75) is 19.4 Å². The molecule has 1 aromatic carbocycles. The summed E-state index contributed by atoms with van der Waals surface area (Å²) < 4.78 is 10.9. The Morgan fingerprint density at radius 2 is 2.35 bits per heavy atom. The fraction of sp³-hybridized carbons (Fsp3) is 0.571. The van der Waals surface area contributed by atoms with Gasteiger partial charge in [0.15, 0.2) is 0 Å². The quantitative estimate of drug-likeness (QED) is 0.767. The summed E-state index contributed by atoms with van der Waals surface area (Å²) in [6.45, 7) is 3.85. The van der Waals surface area contributed by atoms with E-state index in [1.54, 1.807) is 7.11 Å². The van der Waals surface area contributed by atoms with Gasteiger partial charge in [0.25, 0.3) is 0 Å². The Hall–Kier alpha value is -1.06. The van der Waals surface area contributed by atoms with E-state index in [0.717, 1.165) is 31.2 Å². The van der Waals surface area contributed by atoms with E-state index in [2.05, 4.69) is 11.4 Å². The van der Waals surface area contributed by atoms with E-state index in [-0.39, 0.29) is 0 Å². The lowest BCUT2D eigenvalue weighted by molar-refractivity contribution is 0.109. The van der Waals surface area contributed by atoms with Crippen LogP contribution in [0, 0.1) is 5.92 Å². The zero-order valence-electron chi connectivity index (χ0n) is 10.4. The van der Waals surface area contributed by atoms with Gasteiger partial charge in [0, 0.05) is 6.61 Å². The largest absolute Gasteiger partial charge is 0.497 e. The second-order valence-corrected chi connectivity index (χ2v) is 4.55. The number of hydrogen-bond acceptors (Lipinski definition) is 3. The van der Waals surface area contributed by atoms with Gasteiger partial charge in [-0.2, -0.15) is 0 Å². The molecule has 0 bridgehead atoms. The summed E-state index contributed by atoms with van der Waals surface area (Å²) in [5, 5.41) is 3.37. The van der Waals surface area contributed by atoms with Crippen LogP contribution in [0.1, 0.15) is 18.4 Å². The van der Waals surface area contributed by atoms with Gasteiger partial charge >= 0.3 is 0 Å². The molecule has 1 fully saturated rings. The molecule has 1 saturated heterocycles. The predicted molar refractivity (Wildman–Crippen MR) is 68.2 cm³/mol. The molecule has 1 aromatic rings. The minimum atomic E-state index is 0.678. The first-order chi connectivity index (χ1) is 8.38. The first-order valence-corrected chi connectivity index (χ1v) is 6.30. The second kappa shape index (κ2) is 6.62. The zero-order valence-corrected chi connectivity index (χ0v) is 10.4. The number of nitrogens with one attached hydrogen (secondary N) is 1. The topological polar surface area (TPSA) is 30.5 Å². The van der Waals surface area contributed by atoms with Gasteiger partial charge in [-0.25, -0.2) is 0 Å². The summed E-state index contributed by atoms with van der Waals surface area (Å²) in [7, 11) is 1.69. The molecule has 1 aliphatic rings. The van der Waals surface area contributed by atoms with Crippen molar-refractivity contribution >= 4 is 0 Å². The Morgan fingerprint density at radius 3 is 3.12 bits per heavy atom. The number of rotatable bonds is 6. The van der Waals surface area contributed by atoms with E-state index in [0.29, 0.717) is 6.61 Å². The minimum Gasteiger partial charge on any atom is -0.497 e. The molecule has 1 N–H and O–H groups in total. The van der Waals surface area contributed by atoms with Crippen LogP contribution in [-0.4, -0.2) is 26.8 Å². The molecular weight excluding hydrogens is 214 g/mol. The number of benzene rings is 1. The van der Waals surface area contributed by atoms with Crippen molar-refractivity contribution in [3.8, 4) is 5.75 Å². The van der Waals surface area contributed by atoms with Gasteiger partial charge in [-0.1, -0.05) is 12.1 Å². The van der Waals surface area contributed by atoms with E-state index < -0.39 is 0 Å². The maximum absolute atomic E-state index is 5.70. The summed E-state index contributed by atoms with van der Waals surface area (Å²) in [6.07, 6.45) is 2.46. The van der Waals surface area contributed by atoms with Gasteiger partial charge in [-0.05, 0) is 49.5 Å². The fourth-order valence-corrected chi connectivity index (χ4v) is 2.16. The van der Waals surface area contributed by atoms with Crippen molar-refractivity contribution in [2.75, 3.05) is 26.8 Å². The third kappa shape index (κ3) is 4.02. The lowest BCUT2D eigenvalue weighted by Crippen LogP contribution is -2.10. The molecule has 2 rings (SSSR count). The van der Waals surface area contributed by atoms with Gasteiger partial charge < -0.3 is 14.8 Å². The van der Waals surface area contributed by atoms with Crippen LogP contribution < -0.4 is 10.1 Å². The highest BCUT2D eigenvalue weighted by molar-refractivity contribution is 5.27. The molecule has 3 heteroatoms. The molecule has 1 atom stereocenters. The molecule has 0 aliphatic carbocycles. The third-order valence-electron chi connectivity index (χ3n) is 3.24. The van der Waals surface area contributed by atoms with Crippen LogP contribution in [0.5, 0.6) is 5.75 Å². The number of methoxy groups -OCH3 is 1. The van der Waals surface area contributed by atoms with Crippen LogP contribution in [0.25, 0.3) is 0 Å². The van der Waals surface area contributed by atoms with Crippen LogP contribution in [0.2, 0.25) is 0 Å². The zero-order chi connectivity index (χ0) is 11.9. The van der Waals surface area contributed by atoms with E-state index in [4.69, 9.17) is 9.47 Å². The molecule has 0 amide bonds. The first kappa shape index (κ1) is 12.4. The van der Waals surface area contributed by atoms with Gasteiger partial charge in [-0.15, -0.1) is 0 Å². The van der Waals surface area contributed by atoms with Gasteiger partial charge in [0.2, 0.25) is 0 Å². The van der Waals surface area contributed by atoms with E-state index >= 15 is 0 Å². The Kier molecular flexibility index (Phi) is 4.83. The number of ether oxygens (including phenoxy) is 2. The van der Waals surface area contributed by atoms with E-state index in [1.165, 1.54) is 18.5 Å². The van der Waals surface area contributed by atoms with Crippen LogP contribution in [-0.2, 0) is 11.3 Å². The minimum absolute atomic E-state index is 0.678. The van der Waals surface area contributed by atoms with Gasteiger partial charge in [-0.3, -0.25) is 0 Å². The summed E-state index contributed by atoms with van der Waals surface area (Å²) in [6, 6.07) is 8.04. The van der Waals surface area contributed by atoms with Crippen molar-refractivity contribution in [3.05, 3.63) is 29.8 Å². The van der Waals surface area contributed by atoms with Crippen molar-refractivity contribution in [3.63, 3.8) is 0 Å². The average molecular weight is 235 g/mol. The molecular formula is C14H21NO2. The third-order valence-corrected chi connectivity index (χ3v) is 3.24. The Labute approximate surface area is 103 Å². The smallest absolute Gasteiger partial charge is 0.119 e. The highest BCUT2D eigenvalue weighted by Gasteiger charge is 2.13. The van der Waals surface area contributed by atoms with Crippen LogP contribution in [0.4, 0.5) is 0 Å². The van der Waals surface area contributed by atoms with Crippen molar-refractivity contribution in [1.29, 1.82) is 0 Å². The highest BCUT2D eigenvalue weighted by Crippen LogP contribution is 2.15. The lowest BCUT2D eigenvalue weighted by atomic mass is 10.1. The molecule has 94 valence electrons. The van der Waals surface area contributed by atoms with Gasteiger partial charge in [0.1, 0.15) is 5.75 Å². The Balaban J connectivity index is 1.66. The molecule has 0 saturated carbocycles. The summed E-state index contributed by atoms with van der Waals surface area (Å²) >= 11 is 0.